The summed E-state index contributed by atoms with van der Waals surface area (Å²) in [6.07, 6.45) is 1.24. The summed E-state index contributed by atoms with van der Waals surface area (Å²) in [5.74, 6) is -2.00. The van der Waals surface area contributed by atoms with Gasteiger partial charge in [-0.1, -0.05) is 12.1 Å². The van der Waals surface area contributed by atoms with Crippen molar-refractivity contribution >= 4 is 12.1 Å². The molecule has 0 bridgehead atoms. The zero-order chi connectivity index (χ0) is 15.2. The Balaban J connectivity index is 2.07. The quantitative estimate of drug-likeness (QED) is 0.696. The lowest BCUT2D eigenvalue weighted by atomic mass is 10.1. The molecular formula is C15H9F2N3O. The highest BCUT2D eigenvalue weighted by molar-refractivity contribution is 5.95. The highest BCUT2D eigenvalue weighted by Crippen LogP contribution is 2.09. The summed E-state index contributed by atoms with van der Waals surface area (Å²) in [7, 11) is 0. The maximum Gasteiger partial charge on any atom is 0.274 e. The number of hydrazone groups is 1. The van der Waals surface area contributed by atoms with Gasteiger partial charge in [-0.05, 0) is 35.9 Å². The van der Waals surface area contributed by atoms with Crippen LogP contribution in [0.4, 0.5) is 8.78 Å². The molecule has 0 spiro atoms. The molecule has 0 aliphatic carbocycles. The van der Waals surface area contributed by atoms with Crippen LogP contribution in [0.3, 0.4) is 0 Å². The first-order valence-electron chi connectivity index (χ1n) is 5.89. The van der Waals surface area contributed by atoms with Gasteiger partial charge in [0.1, 0.15) is 11.6 Å². The number of nitrogens with one attached hydrogen (secondary N) is 1. The van der Waals surface area contributed by atoms with E-state index in [0.29, 0.717) is 5.56 Å². The summed E-state index contributed by atoms with van der Waals surface area (Å²) >= 11 is 0. The van der Waals surface area contributed by atoms with Crippen molar-refractivity contribution in [2.45, 2.75) is 0 Å². The number of carbonyl (C=O) groups is 1. The van der Waals surface area contributed by atoms with Gasteiger partial charge in [0.05, 0.1) is 23.4 Å². The van der Waals surface area contributed by atoms with Crippen molar-refractivity contribution < 1.29 is 13.6 Å². The Morgan fingerprint density at radius 2 is 2.05 bits per heavy atom. The van der Waals surface area contributed by atoms with Crippen LogP contribution in [0.1, 0.15) is 21.5 Å². The highest BCUT2D eigenvalue weighted by Gasteiger charge is 2.11. The highest BCUT2D eigenvalue weighted by atomic mass is 19.1. The molecular weight excluding hydrogens is 276 g/mol. The number of nitrogens with zero attached hydrogens (tertiary/aromatic N) is 2. The second-order valence-electron chi connectivity index (χ2n) is 4.06. The lowest BCUT2D eigenvalue weighted by Crippen LogP contribution is -2.19. The van der Waals surface area contributed by atoms with Crippen LogP contribution in [0.15, 0.2) is 47.6 Å². The van der Waals surface area contributed by atoms with E-state index < -0.39 is 17.5 Å². The molecule has 2 rings (SSSR count). The van der Waals surface area contributed by atoms with Crippen molar-refractivity contribution in [3.05, 3.63) is 70.8 Å². The average molecular weight is 285 g/mol. The molecule has 4 nitrogen and oxygen atoms in total. The third kappa shape index (κ3) is 3.70. The van der Waals surface area contributed by atoms with Gasteiger partial charge in [-0.25, -0.2) is 14.2 Å². The summed E-state index contributed by atoms with van der Waals surface area (Å²) in [4.78, 5) is 11.7. The van der Waals surface area contributed by atoms with Gasteiger partial charge in [-0.15, -0.1) is 0 Å². The molecule has 0 fully saturated rings. The number of rotatable bonds is 3. The summed E-state index contributed by atoms with van der Waals surface area (Å²) in [5, 5.41) is 12.2. The molecule has 6 heteroatoms. The molecule has 0 radical (unpaired) electrons. The van der Waals surface area contributed by atoms with Crippen LogP contribution in [-0.4, -0.2) is 12.1 Å². The van der Waals surface area contributed by atoms with E-state index in [9.17, 15) is 13.6 Å². The van der Waals surface area contributed by atoms with Gasteiger partial charge in [0.2, 0.25) is 0 Å². The Morgan fingerprint density at radius 1 is 1.24 bits per heavy atom. The molecule has 2 aromatic rings. The SMILES string of the molecule is N#Cc1ccc(C(=O)N/N=C\c2cccc(F)c2)c(F)c1. The van der Waals surface area contributed by atoms with E-state index in [1.165, 1.54) is 36.5 Å². The Hall–Kier alpha value is -3.07. The zero-order valence-corrected chi connectivity index (χ0v) is 10.7. The van der Waals surface area contributed by atoms with Gasteiger partial charge in [0.25, 0.3) is 5.91 Å². The molecule has 1 N–H and O–H groups in total. The van der Waals surface area contributed by atoms with Gasteiger partial charge in [-0.2, -0.15) is 10.4 Å². The summed E-state index contributed by atoms with van der Waals surface area (Å²) in [6, 6.07) is 10.9. The molecule has 0 atom stereocenters. The summed E-state index contributed by atoms with van der Waals surface area (Å²) < 4.78 is 26.5. The minimum absolute atomic E-state index is 0.118. The van der Waals surface area contributed by atoms with Crippen LogP contribution in [0.5, 0.6) is 0 Å². The Kier molecular flexibility index (Phi) is 4.36. The number of hydrogen-bond donors (Lipinski definition) is 1. The number of amides is 1. The normalized spacial score (nSPS) is 10.3. The monoisotopic (exact) mass is 285 g/mol. The van der Waals surface area contributed by atoms with Gasteiger partial charge < -0.3 is 0 Å². The largest absolute Gasteiger partial charge is 0.274 e. The predicted molar refractivity (Wildman–Crippen MR) is 72.6 cm³/mol. The molecule has 0 heterocycles. The Labute approximate surface area is 119 Å². The fourth-order valence-electron chi connectivity index (χ4n) is 1.58. The van der Waals surface area contributed by atoms with Crippen LogP contribution in [0.25, 0.3) is 0 Å². The van der Waals surface area contributed by atoms with Crippen molar-refractivity contribution in [2.75, 3.05) is 0 Å². The van der Waals surface area contributed by atoms with Gasteiger partial charge in [-0.3, -0.25) is 4.79 Å². The second kappa shape index (κ2) is 6.39. The van der Waals surface area contributed by atoms with E-state index in [1.54, 1.807) is 12.1 Å². The standard InChI is InChI=1S/C15H9F2N3O/c16-12-3-1-2-11(6-12)9-19-20-15(21)13-5-4-10(8-18)7-14(13)17/h1-7,9H,(H,20,21)/b19-9-. The number of nitriles is 1. The van der Waals surface area contributed by atoms with Crippen LogP contribution in [-0.2, 0) is 0 Å². The van der Waals surface area contributed by atoms with Crippen molar-refractivity contribution in [1.29, 1.82) is 5.26 Å². The molecule has 104 valence electrons. The van der Waals surface area contributed by atoms with Crippen LogP contribution in [0, 0.1) is 23.0 Å². The van der Waals surface area contributed by atoms with Crippen LogP contribution < -0.4 is 5.43 Å². The van der Waals surface area contributed by atoms with Crippen molar-refractivity contribution in [3.63, 3.8) is 0 Å². The smallest absolute Gasteiger partial charge is 0.267 e. The van der Waals surface area contributed by atoms with E-state index >= 15 is 0 Å². The molecule has 21 heavy (non-hydrogen) atoms. The zero-order valence-electron chi connectivity index (χ0n) is 10.7. The van der Waals surface area contributed by atoms with E-state index in [-0.39, 0.29) is 11.1 Å². The first kappa shape index (κ1) is 14.3. The van der Waals surface area contributed by atoms with E-state index in [1.807, 2.05) is 0 Å². The number of carbonyl (C=O) groups excluding carboxylic acids is 1. The van der Waals surface area contributed by atoms with Gasteiger partial charge in [0.15, 0.2) is 0 Å². The number of hydrogen-bond acceptors (Lipinski definition) is 3. The average Bonchev–Trinajstić information content (AvgIpc) is 2.47. The lowest BCUT2D eigenvalue weighted by Gasteiger charge is -2.01. The number of benzene rings is 2. The second-order valence-corrected chi connectivity index (χ2v) is 4.06. The first-order valence-corrected chi connectivity index (χ1v) is 5.89. The summed E-state index contributed by atoms with van der Waals surface area (Å²) in [5.41, 5.74) is 2.47. The van der Waals surface area contributed by atoms with Gasteiger partial charge >= 0.3 is 0 Å². The summed E-state index contributed by atoms with van der Waals surface area (Å²) in [6.45, 7) is 0. The van der Waals surface area contributed by atoms with E-state index in [0.717, 1.165) is 6.07 Å². The molecule has 0 aromatic heterocycles. The Morgan fingerprint density at radius 3 is 2.71 bits per heavy atom. The fourth-order valence-corrected chi connectivity index (χ4v) is 1.58. The third-order valence-electron chi connectivity index (χ3n) is 2.57. The maximum absolute atomic E-state index is 13.6. The van der Waals surface area contributed by atoms with Crippen molar-refractivity contribution in [2.24, 2.45) is 5.10 Å². The third-order valence-corrected chi connectivity index (χ3v) is 2.57. The maximum atomic E-state index is 13.6. The lowest BCUT2D eigenvalue weighted by molar-refractivity contribution is 0.0951. The first-order chi connectivity index (χ1) is 10.1. The van der Waals surface area contributed by atoms with Gasteiger partial charge in [0, 0.05) is 0 Å². The molecule has 0 aliphatic heterocycles. The minimum Gasteiger partial charge on any atom is -0.267 e. The van der Waals surface area contributed by atoms with Crippen molar-refractivity contribution in [1.82, 2.24) is 5.43 Å². The molecule has 0 saturated carbocycles. The molecule has 0 unspecified atom stereocenters. The van der Waals surface area contributed by atoms with Crippen LogP contribution in [0.2, 0.25) is 0 Å². The Bertz CT molecular complexity index is 751. The van der Waals surface area contributed by atoms with E-state index in [4.69, 9.17) is 5.26 Å². The van der Waals surface area contributed by atoms with Crippen LogP contribution >= 0.6 is 0 Å². The fraction of sp³-hybridized carbons (Fsp3) is 0. The molecule has 1 amide bonds. The minimum atomic E-state index is -0.812. The number of halogens is 2. The molecule has 0 aliphatic rings. The van der Waals surface area contributed by atoms with Crippen molar-refractivity contribution in [3.8, 4) is 6.07 Å². The molecule has 2 aromatic carbocycles. The molecule has 0 saturated heterocycles. The topological polar surface area (TPSA) is 65.2 Å². The predicted octanol–water partition coefficient (Wildman–Crippen LogP) is 2.60. The van der Waals surface area contributed by atoms with E-state index in [2.05, 4.69) is 10.5 Å².